The molecule has 0 heterocycles. The molecule has 0 bridgehead atoms. The smallest absolute Gasteiger partial charge is 0.313 e. The topological polar surface area (TPSA) is 46.5 Å². The number of halogens is 1. The number of carboxylic acids is 1. The van der Waals surface area contributed by atoms with Gasteiger partial charge in [-0.15, -0.1) is 0 Å². The summed E-state index contributed by atoms with van der Waals surface area (Å²) in [6.45, 7) is 0.179. The molecule has 0 aliphatic rings. The van der Waals surface area contributed by atoms with Crippen molar-refractivity contribution < 1.29 is 14.6 Å². The number of aliphatic carboxylic acids is 1. The second-order valence-corrected chi connectivity index (χ2v) is 3.72. The van der Waals surface area contributed by atoms with Gasteiger partial charge < -0.3 is 9.84 Å². The molecule has 14 heavy (non-hydrogen) atoms. The molecule has 0 radical (unpaired) electrons. The maximum atomic E-state index is 10.9. The Morgan fingerprint density at radius 1 is 1.57 bits per heavy atom. The van der Waals surface area contributed by atoms with Crippen molar-refractivity contribution in [3.8, 4) is 0 Å². The standard InChI is InChI=1S/C10H11BrO3/c1-14-6-8(10(12)13)7-4-2-3-5-9(7)11/h2-5,8H,6H2,1H3,(H,12,13). The Bertz CT molecular complexity index is 325. The predicted octanol–water partition coefficient (Wildman–Crippen LogP) is 2.26. The Balaban J connectivity index is 2.99. The summed E-state index contributed by atoms with van der Waals surface area (Å²) >= 11 is 3.32. The van der Waals surface area contributed by atoms with Crippen molar-refractivity contribution in [1.82, 2.24) is 0 Å². The summed E-state index contributed by atoms with van der Waals surface area (Å²) in [5.41, 5.74) is 0.738. The summed E-state index contributed by atoms with van der Waals surface area (Å²) in [6, 6.07) is 7.26. The first-order valence-electron chi connectivity index (χ1n) is 4.13. The monoisotopic (exact) mass is 258 g/mol. The molecule has 0 aromatic heterocycles. The van der Waals surface area contributed by atoms with E-state index in [9.17, 15) is 4.79 Å². The number of methoxy groups -OCH3 is 1. The number of benzene rings is 1. The number of carboxylic acid groups (broad SMARTS) is 1. The molecule has 1 atom stereocenters. The van der Waals surface area contributed by atoms with Gasteiger partial charge in [0.15, 0.2) is 0 Å². The number of ether oxygens (including phenoxy) is 1. The van der Waals surface area contributed by atoms with Crippen molar-refractivity contribution in [3.63, 3.8) is 0 Å². The highest BCUT2D eigenvalue weighted by Gasteiger charge is 2.21. The molecule has 0 amide bonds. The van der Waals surface area contributed by atoms with Gasteiger partial charge >= 0.3 is 5.97 Å². The molecule has 76 valence electrons. The van der Waals surface area contributed by atoms with Crippen LogP contribution in [0.2, 0.25) is 0 Å². The van der Waals surface area contributed by atoms with Crippen LogP contribution in [-0.2, 0) is 9.53 Å². The lowest BCUT2D eigenvalue weighted by atomic mass is 10.0. The Morgan fingerprint density at radius 3 is 2.71 bits per heavy atom. The van der Waals surface area contributed by atoms with E-state index in [1.54, 1.807) is 6.07 Å². The fourth-order valence-electron chi connectivity index (χ4n) is 1.22. The predicted molar refractivity (Wildman–Crippen MR) is 56.4 cm³/mol. The average Bonchev–Trinajstić information content (AvgIpc) is 2.15. The fraction of sp³-hybridized carbons (Fsp3) is 0.300. The highest BCUT2D eigenvalue weighted by Crippen LogP contribution is 2.25. The third-order valence-electron chi connectivity index (χ3n) is 1.91. The molecule has 0 aliphatic heterocycles. The van der Waals surface area contributed by atoms with E-state index in [4.69, 9.17) is 9.84 Å². The summed E-state index contributed by atoms with van der Waals surface area (Å²) in [7, 11) is 1.49. The van der Waals surface area contributed by atoms with Gasteiger partial charge in [-0.2, -0.15) is 0 Å². The second-order valence-electron chi connectivity index (χ2n) is 2.87. The summed E-state index contributed by atoms with van der Waals surface area (Å²) in [6.07, 6.45) is 0. The molecule has 0 spiro atoms. The molecule has 0 saturated carbocycles. The first-order valence-corrected chi connectivity index (χ1v) is 4.92. The third-order valence-corrected chi connectivity index (χ3v) is 2.63. The van der Waals surface area contributed by atoms with E-state index < -0.39 is 11.9 Å². The van der Waals surface area contributed by atoms with Crippen molar-refractivity contribution in [1.29, 1.82) is 0 Å². The van der Waals surface area contributed by atoms with E-state index in [0.717, 1.165) is 10.0 Å². The Morgan fingerprint density at radius 2 is 2.21 bits per heavy atom. The van der Waals surface area contributed by atoms with Crippen LogP contribution in [0.4, 0.5) is 0 Å². The Hall–Kier alpha value is -0.870. The van der Waals surface area contributed by atoms with Gasteiger partial charge in [-0.25, -0.2) is 0 Å². The minimum Gasteiger partial charge on any atom is -0.481 e. The molecule has 1 unspecified atom stereocenters. The number of carbonyl (C=O) groups is 1. The van der Waals surface area contributed by atoms with Crippen LogP contribution in [0.1, 0.15) is 11.5 Å². The van der Waals surface area contributed by atoms with E-state index >= 15 is 0 Å². The van der Waals surface area contributed by atoms with E-state index in [1.165, 1.54) is 7.11 Å². The molecule has 0 fully saturated rings. The number of hydrogen-bond donors (Lipinski definition) is 1. The number of rotatable bonds is 4. The van der Waals surface area contributed by atoms with Crippen molar-refractivity contribution in [3.05, 3.63) is 34.3 Å². The first kappa shape index (κ1) is 11.2. The lowest BCUT2D eigenvalue weighted by molar-refractivity contribution is -0.140. The molecule has 0 saturated heterocycles. The van der Waals surface area contributed by atoms with Crippen LogP contribution in [0.25, 0.3) is 0 Å². The van der Waals surface area contributed by atoms with E-state index in [0.29, 0.717) is 0 Å². The van der Waals surface area contributed by atoms with Gasteiger partial charge in [0.1, 0.15) is 5.92 Å². The number of hydrogen-bond acceptors (Lipinski definition) is 2. The lowest BCUT2D eigenvalue weighted by Crippen LogP contribution is -2.17. The summed E-state index contributed by atoms with van der Waals surface area (Å²) < 4.78 is 5.67. The molecule has 1 rings (SSSR count). The van der Waals surface area contributed by atoms with E-state index in [1.807, 2.05) is 18.2 Å². The van der Waals surface area contributed by atoms with Gasteiger partial charge in [0.05, 0.1) is 6.61 Å². The van der Waals surface area contributed by atoms with Crippen LogP contribution in [0, 0.1) is 0 Å². The van der Waals surface area contributed by atoms with Crippen LogP contribution in [-0.4, -0.2) is 24.8 Å². The second kappa shape index (κ2) is 5.12. The minimum absolute atomic E-state index is 0.179. The van der Waals surface area contributed by atoms with Gasteiger partial charge in [-0.05, 0) is 11.6 Å². The highest BCUT2D eigenvalue weighted by atomic mass is 79.9. The van der Waals surface area contributed by atoms with Gasteiger partial charge in [-0.1, -0.05) is 34.1 Å². The molecule has 0 aliphatic carbocycles. The van der Waals surface area contributed by atoms with Crippen LogP contribution in [0.15, 0.2) is 28.7 Å². The zero-order valence-electron chi connectivity index (χ0n) is 7.74. The van der Waals surface area contributed by atoms with Crippen LogP contribution in [0.5, 0.6) is 0 Å². The third kappa shape index (κ3) is 2.56. The molecule has 1 N–H and O–H groups in total. The van der Waals surface area contributed by atoms with Gasteiger partial charge in [-0.3, -0.25) is 4.79 Å². The fourth-order valence-corrected chi connectivity index (χ4v) is 1.78. The van der Waals surface area contributed by atoms with Crippen molar-refractivity contribution in [2.45, 2.75) is 5.92 Å². The van der Waals surface area contributed by atoms with Crippen LogP contribution >= 0.6 is 15.9 Å². The quantitative estimate of drug-likeness (QED) is 0.902. The van der Waals surface area contributed by atoms with Crippen LogP contribution < -0.4 is 0 Å². The van der Waals surface area contributed by atoms with Gasteiger partial charge in [0.2, 0.25) is 0 Å². The summed E-state index contributed by atoms with van der Waals surface area (Å²) in [4.78, 5) is 10.9. The van der Waals surface area contributed by atoms with Crippen molar-refractivity contribution in [2.24, 2.45) is 0 Å². The molecule has 3 nitrogen and oxygen atoms in total. The average molecular weight is 259 g/mol. The lowest BCUT2D eigenvalue weighted by Gasteiger charge is -2.12. The molecule has 1 aromatic carbocycles. The maximum Gasteiger partial charge on any atom is 0.313 e. The van der Waals surface area contributed by atoms with Crippen molar-refractivity contribution >= 4 is 21.9 Å². The maximum absolute atomic E-state index is 10.9. The Kier molecular flexibility index (Phi) is 4.10. The molecular weight excluding hydrogens is 248 g/mol. The first-order chi connectivity index (χ1) is 6.66. The SMILES string of the molecule is COCC(C(=O)O)c1ccccc1Br. The highest BCUT2D eigenvalue weighted by molar-refractivity contribution is 9.10. The van der Waals surface area contributed by atoms with Gasteiger partial charge in [0, 0.05) is 11.6 Å². The molecule has 1 aromatic rings. The van der Waals surface area contributed by atoms with E-state index in [-0.39, 0.29) is 6.61 Å². The van der Waals surface area contributed by atoms with Crippen molar-refractivity contribution in [2.75, 3.05) is 13.7 Å². The van der Waals surface area contributed by atoms with Gasteiger partial charge in [0.25, 0.3) is 0 Å². The zero-order chi connectivity index (χ0) is 10.6. The molecule has 4 heteroatoms. The summed E-state index contributed by atoms with van der Waals surface area (Å²) in [5.74, 6) is -1.49. The molecular formula is C10H11BrO3. The largest absolute Gasteiger partial charge is 0.481 e. The van der Waals surface area contributed by atoms with Crippen LogP contribution in [0.3, 0.4) is 0 Å². The van der Waals surface area contributed by atoms with E-state index in [2.05, 4.69) is 15.9 Å². The summed E-state index contributed by atoms with van der Waals surface area (Å²) in [5, 5.41) is 8.98. The Labute approximate surface area is 90.8 Å². The zero-order valence-corrected chi connectivity index (χ0v) is 9.32. The minimum atomic E-state index is -0.876. The normalized spacial score (nSPS) is 12.4.